The van der Waals surface area contributed by atoms with Crippen molar-refractivity contribution in [2.45, 2.75) is 46.8 Å². The zero-order chi connectivity index (χ0) is 13.0. The molecule has 1 aromatic carbocycles. The Balaban J connectivity index is 2.62. The standard InChI is InChI=1S/C14H22BrNO/c1-9(2)16-8-12(5)17-13-6-10(3)14(15)11(4)7-13/h6-7,9,12,16H,8H2,1-5H3. The number of benzene rings is 1. The number of nitrogens with one attached hydrogen (secondary N) is 1. The molecule has 0 heterocycles. The van der Waals surface area contributed by atoms with E-state index in [-0.39, 0.29) is 6.10 Å². The Bertz CT molecular complexity index is 353. The molecule has 0 saturated carbocycles. The van der Waals surface area contributed by atoms with Crippen molar-refractivity contribution < 1.29 is 4.74 Å². The summed E-state index contributed by atoms with van der Waals surface area (Å²) in [7, 11) is 0. The Labute approximate surface area is 113 Å². The molecule has 0 radical (unpaired) electrons. The van der Waals surface area contributed by atoms with Crippen molar-refractivity contribution in [3.8, 4) is 5.75 Å². The zero-order valence-corrected chi connectivity index (χ0v) is 12.9. The number of aryl methyl sites for hydroxylation is 2. The van der Waals surface area contributed by atoms with Crippen molar-refractivity contribution in [2.24, 2.45) is 0 Å². The van der Waals surface area contributed by atoms with Crippen molar-refractivity contribution in [1.29, 1.82) is 0 Å². The number of hydrogen-bond donors (Lipinski definition) is 1. The van der Waals surface area contributed by atoms with E-state index in [9.17, 15) is 0 Å². The largest absolute Gasteiger partial charge is 0.489 e. The molecule has 0 saturated heterocycles. The summed E-state index contributed by atoms with van der Waals surface area (Å²) in [5, 5.41) is 3.37. The van der Waals surface area contributed by atoms with Gasteiger partial charge in [-0.25, -0.2) is 0 Å². The van der Waals surface area contributed by atoms with Gasteiger partial charge in [0.25, 0.3) is 0 Å². The van der Waals surface area contributed by atoms with Crippen LogP contribution in [0.4, 0.5) is 0 Å². The van der Waals surface area contributed by atoms with Crippen LogP contribution in [0.15, 0.2) is 16.6 Å². The molecule has 0 aliphatic rings. The molecular formula is C14H22BrNO. The minimum Gasteiger partial charge on any atom is -0.489 e. The molecule has 1 atom stereocenters. The maximum absolute atomic E-state index is 5.90. The van der Waals surface area contributed by atoms with Gasteiger partial charge in [-0.05, 0) is 44.0 Å². The molecule has 0 aromatic heterocycles. The maximum Gasteiger partial charge on any atom is 0.120 e. The van der Waals surface area contributed by atoms with E-state index in [1.807, 2.05) is 0 Å². The van der Waals surface area contributed by atoms with E-state index in [1.165, 1.54) is 11.1 Å². The predicted octanol–water partition coefficient (Wildman–Crippen LogP) is 3.83. The highest BCUT2D eigenvalue weighted by molar-refractivity contribution is 9.10. The van der Waals surface area contributed by atoms with E-state index in [4.69, 9.17) is 4.74 Å². The minimum atomic E-state index is 0.178. The van der Waals surface area contributed by atoms with Crippen LogP contribution in [0, 0.1) is 13.8 Å². The third-order valence-electron chi connectivity index (χ3n) is 2.56. The molecule has 1 unspecified atom stereocenters. The third kappa shape index (κ3) is 4.68. The molecular weight excluding hydrogens is 278 g/mol. The summed E-state index contributed by atoms with van der Waals surface area (Å²) in [6, 6.07) is 4.64. The first-order valence-electron chi connectivity index (χ1n) is 6.07. The monoisotopic (exact) mass is 299 g/mol. The second kappa shape index (κ2) is 6.41. The van der Waals surface area contributed by atoms with Crippen molar-refractivity contribution in [1.82, 2.24) is 5.32 Å². The molecule has 96 valence electrons. The summed E-state index contributed by atoms with van der Waals surface area (Å²) in [4.78, 5) is 0. The van der Waals surface area contributed by atoms with Gasteiger partial charge in [-0.3, -0.25) is 0 Å². The van der Waals surface area contributed by atoms with Gasteiger partial charge < -0.3 is 10.1 Å². The molecule has 0 aliphatic carbocycles. The number of ether oxygens (including phenoxy) is 1. The van der Waals surface area contributed by atoms with E-state index >= 15 is 0 Å². The third-order valence-corrected chi connectivity index (χ3v) is 3.81. The highest BCUT2D eigenvalue weighted by Gasteiger charge is 2.07. The molecule has 0 fully saturated rings. The van der Waals surface area contributed by atoms with E-state index in [1.54, 1.807) is 0 Å². The van der Waals surface area contributed by atoms with Gasteiger partial charge in [-0.1, -0.05) is 29.8 Å². The van der Waals surface area contributed by atoms with Gasteiger partial charge in [0.15, 0.2) is 0 Å². The lowest BCUT2D eigenvalue weighted by molar-refractivity contribution is 0.213. The molecule has 1 aromatic rings. The summed E-state index contributed by atoms with van der Waals surface area (Å²) >= 11 is 3.56. The molecule has 1 N–H and O–H groups in total. The molecule has 1 rings (SSSR count). The van der Waals surface area contributed by atoms with Gasteiger partial charge >= 0.3 is 0 Å². The molecule has 0 amide bonds. The smallest absolute Gasteiger partial charge is 0.120 e. The van der Waals surface area contributed by atoms with Gasteiger partial charge in [0.1, 0.15) is 11.9 Å². The summed E-state index contributed by atoms with van der Waals surface area (Å²) < 4.78 is 7.06. The van der Waals surface area contributed by atoms with E-state index in [2.05, 4.69) is 68.0 Å². The summed E-state index contributed by atoms with van der Waals surface area (Å²) in [6.45, 7) is 11.4. The van der Waals surface area contributed by atoms with Crippen LogP contribution in [-0.2, 0) is 0 Å². The number of rotatable bonds is 5. The average molecular weight is 300 g/mol. The quantitative estimate of drug-likeness (QED) is 0.892. The Morgan fingerprint density at radius 2 is 1.71 bits per heavy atom. The molecule has 17 heavy (non-hydrogen) atoms. The van der Waals surface area contributed by atoms with E-state index in [0.29, 0.717) is 6.04 Å². The fraction of sp³-hybridized carbons (Fsp3) is 0.571. The van der Waals surface area contributed by atoms with Crippen LogP contribution in [0.3, 0.4) is 0 Å². The first-order chi connectivity index (χ1) is 7.90. The Kier molecular flexibility index (Phi) is 5.47. The topological polar surface area (TPSA) is 21.3 Å². The highest BCUT2D eigenvalue weighted by Crippen LogP contribution is 2.26. The normalized spacial score (nSPS) is 12.9. The van der Waals surface area contributed by atoms with Gasteiger partial charge in [-0.2, -0.15) is 0 Å². The number of halogens is 1. The molecule has 0 bridgehead atoms. The molecule has 2 nitrogen and oxygen atoms in total. The number of hydrogen-bond acceptors (Lipinski definition) is 2. The Morgan fingerprint density at radius 1 is 1.18 bits per heavy atom. The first-order valence-corrected chi connectivity index (χ1v) is 6.86. The molecule has 3 heteroatoms. The van der Waals surface area contributed by atoms with Gasteiger partial charge in [0, 0.05) is 17.1 Å². The van der Waals surface area contributed by atoms with E-state index < -0.39 is 0 Å². The fourth-order valence-electron chi connectivity index (χ4n) is 1.65. The van der Waals surface area contributed by atoms with Crippen LogP contribution in [-0.4, -0.2) is 18.7 Å². The lowest BCUT2D eigenvalue weighted by Crippen LogP contribution is -2.33. The van der Waals surface area contributed by atoms with Crippen LogP contribution in [0.1, 0.15) is 31.9 Å². The first kappa shape index (κ1) is 14.5. The van der Waals surface area contributed by atoms with Crippen molar-refractivity contribution in [3.05, 3.63) is 27.7 Å². The second-order valence-corrected chi connectivity index (χ2v) is 5.66. The van der Waals surface area contributed by atoms with E-state index in [0.717, 1.165) is 16.8 Å². The summed E-state index contributed by atoms with van der Waals surface area (Å²) in [6.07, 6.45) is 0.178. The fourth-order valence-corrected chi connectivity index (χ4v) is 1.88. The van der Waals surface area contributed by atoms with Crippen molar-refractivity contribution in [3.63, 3.8) is 0 Å². The Hall–Kier alpha value is -0.540. The van der Waals surface area contributed by atoms with Crippen molar-refractivity contribution >= 4 is 15.9 Å². The van der Waals surface area contributed by atoms with Crippen LogP contribution in [0.25, 0.3) is 0 Å². The van der Waals surface area contributed by atoms with Crippen LogP contribution in [0.2, 0.25) is 0 Å². The predicted molar refractivity (Wildman–Crippen MR) is 76.8 cm³/mol. The second-order valence-electron chi connectivity index (χ2n) is 4.86. The zero-order valence-electron chi connectivity index (χ0n) is 11.3. The molecule has 0 aliphatic heterocycles. The minimum absolute atomic E-state index is 0.178. The summed E-state index contributed by atoms with van der Waals surface area (Å²) in [5.74, 6) is 0.946. The average Bonchev–Trinajstić information content (AvgIpc) is 2.23. The van der Waals surface area contributed by atoms with Gasteiger partial charge in [0.05, 0.1) is 0 Å². The SMILES string of the molecule is Cc1cc(OC(C)CNC(C)C)cc(C)c1Br. The lowest BCUT2D eigenvalue weighted by Gasteiger charge is -2.18. The maximum atomic E-state index is 5.90. The molecule has 0 spiro atoms. The van der Waals surface area contributed by atoms with Crippen LogP contribution in [0.5, 0.6) is 5.75 Å². The van der Waals surface area contributed by atoms with Gasteiger partial charge in [-0.15, -0.1) is 0 Å². The highest BCUT2D eigenvalue weighted by atomic mass is 79.9. The lowest BCUT2D eigenvalue weighted by atomic mass is 10.1. The van der Waals surface area contributed by atoms with Gasteiger partial charge in [0.2, 0.25) is 0 Å². The Morgan fingerprint density at radius 3 is 2.18 bits per heavy atom. The van der Waals surface area contributed by atoms with Crippen LogP contribution >= 0.6 is 15.9 Å². The van der Waals surface area contributed by atoms with Crippen LogP contribution < -0.4 is 10.1 Å². The van der Waals surface area contributed by atoms with Crippen molar-refractivity contribution in [2.75, 3.05) is 6.54 Å². The summed E-state index contributed by atoms with van der Waals surface area (Å²) in [5.41, 5.74) is 2.42.